The minimum absolute atomic E-state index is 0.0193. The van der Waals surface area contributed by atoms with Gasteiger partial charge in [0.15, 0.2) is 0 Å². The molecule has 0 aliphatic carbocycles. The van der Waals surface area contributed by atoms with Crippen LogP contribution in [0.1, 0.15) is 6.92 Å². The Hall–Kier alpha value is -2.12. The molecular weight excluding hydrogens is 308 g/mol. The predicted molar refractivity (Wildman–Crippen MR) is 84.8 cm³/mol. The Kier molecular flexibility index (Phi) is 7.34. The molecule has 22 heavy (non-hydrogen) atoms. The second-order valence-electron chi connectivity index (χ2n) is 4.63. The lowest BCUT2D eigenvalue weighted by atomic mass is 10.3. The van der Waals surface area contributed by atoms with Gasteiger partial charge in [-0.2, -0.15) is 0 Å². The number of amides is 4. The smallest absolute Gasteiger partial charge is 0.321 e. The van der Waals surface area contributed by atoms with E-state index in [1.165, 1.54) is 4.90 Å². The van der Waals surface area contributed by atoms with E-state index in [9.17, 15) is 14.4 Å². The minimum atomic E-state index is -0.550. The van der Waals surface area contributed by atoms with Crippen molar-refractivity contribution in [1.29, 1.82) is 0 Å². The molecule has 0 aliphatic heterocycles. The number of nitrogens with one attached hydrogen (secondary N) is 3. The maximum absolute atomic E-state index is 11.8. The van der Waals surface area contributed by atoms with Gasteiger partial charge in [0.2, 0.25) is 11.8 Å². The maximum atomic E-state index is 11.8. The van der Waals surface area contributed by atoms with Gasteiger partial charge in [-0.1, -0.05) is 11.6 Å². The third-order valence-electron chi connectivity index (χ3n) is 2.55. The number of hydrogen-bond donors (Lipinski definition) is 3. The lowest BCUT2D eigenvalue weighted by Gasteiger charge is -2.15. The number of rotatable bonds is 6. The number of carbonyl (C=O) groups excluding carboxylic acids is 3. The molecule has 0 aliphatic rings. The molecule has 0 spiro atoms. The summed E-state index contributed by atoms with van der Waals surface area (Å²) in [5.41, 5.74) is 0.620. The first kappa shape index (κ1) is 17.9. The zero-order valence-electron chi connectivity index (χ0n) is 12.5. The number of likely N-dealkylation sites (N-methyl/N-ethyl adjacent to an activating group) is 1. The van der Waals surface area contributed by atoms with E-state index in [-0.39, 0.29) is 19.0 Å². The molecule has 7 nitrogen and oxygen atoms in total. The first-order valence-corrected chi connectivity index (χ1v) is 7.10. The van der Waals surface area contributed by atoms with E-state index >= 15 is 0 Å². The van der Waals surface area contributed by atoms with Gasteiger partial charge in [-0.25, -0.2) is 4.79 Å². The third kappa shape index (κ3) is 7.05. The van der Waals surface area contributed by atoms with E-state index < -0.39 is 11.9 Å². The van der Waals surface area contributed by atoms with E-state index in [0.717, 1.165) is 0 Å². The number of hydrogen-bond acceptors (Lipinski definition) is 4. The van der Waals surface area contributed by atoms with Gasteiger partial charge in [0.05, 0.1) is 13.1 Å². The average molecular weight is 327 g/mol. The number of halogens is 1. The van der Waals surface area contributed by atoms with Gasteiger partial charge in [-0.15, -0.1) is 0 Å². The van der Waals surface area contributed by atoms with Crippen LogP contribution >= 0.6 is 11.6 Å². The molecule has 0 unspecified atom stereocenters. The molecule has 1 aromatic rings. The number of carbonyl (C=O) groups is 3. The fourth-order valence-corrected chi connectivity index (χ4v) is 1.78. The SMILES string of the molecule is CCNC(=O)NC(=O)CN(C)CC(=O)Nc1ccc(Cl)cc1. The molecule has 0 saturated carbocycles. The normalized spacial score (nSPS) is 10.2. The van der Waals surface area contributed by atoms with Gasteiger partial charge < -0.3 is 10.6 Å². The summed E-state index contributed by atoms with van der Waals surface area (Å²) < 4.78 is 0. The predicted octanol–water partition coefficient (Wildman–Crippen LogP) is 1.06. The summed E-state index contributed by atoms with van der Waals surface area (Å²) in [6, 6.07) is 6.15. The first-order valence-electron chi connectivity index (χ1n) is 6.72. The van der Waals surface area contributed by atoms with Crippen molar-refractivity contribution in [3.63, 3.8) is 0 Å². The van der Waals surface area contributed by atoms with E-state index in [2.05, 4.69) is 16.0 Å². The van der Waals surface area contributed by atoms with Crippen molar-refractivity contribution < 1.29 is 14.4 Å². The Morgan fingerprint density at radius 1 is 1.09 bits per heavy atom. The van der Waals surface area contributed by atoms with Crippen LogP contribution in [0.4, 0.5) is 10.5 Å². The van der Waals surface area contributed by atoms with Gasteiger partial charge in [-0.05, 0) is 38.2 Å². The molecular formula is C14H19ClN4O3. The van der Waals surface area contributed by atoms with Crippen molar-refractivity contribution in [3.05, 3.63) is 29.3 Å². The summed E-state index contributed by atoms with van der Waals surface area (Å²) in [6.07, 6.45) is 0. The van der Waals surface area contributed by atoms with E-state index in [0.29, 0.717) is 17.3 Å². The van der Waals surface area contributed by atoms with E-state index in [1.54, 1.807) is 38.2 Å². The fourth-order valence-electron chi connectivity index (χ4n) is 1.65. The van der Waals surface area contributed by atoms with Crippen LogP contribution in [0.5, 0.6) is 0 Å². The monoisotopic (exact) mass is 326 g/mol. The van der Waals surface area contributed by atoms with E-state index in [4.69, 9.17) is 11.6 Å². The molecule has 4 amide bonds. The summed E-state index contributed by atoms with van der Waals surface area (Å²) in [4.78, 5) is 36.0. The highest BCUT2D eigenvalue weighted by Gasteiger charge is 2.12. The number of urea groups is 1. The van der Waals surface area contributed by atoms with Gasteiger partial charge in [0.25, 0.3) is 0 Å². The summed E-state index contributed by atoms with van der Waals surface area (Å²) in [6.45, 7) is 2.13. The first-order chi connectivity index (χ1) is 10.4. The van der Waals surface area contributed by atoms with Crippen LogP contribution in [0.3, 0.4) is 0 Å². The largest absolute Gasteiger partial charge is 0.338 e. The summed E-state index contributed by atoms with van der Waals surface area (Å²) in [5, 5.41) is 7.88. The van der Waals surface area contributed by atoms with Crippen LogP contribution in [-0.2, 0) is 9.59 Å². The summed E-state index contributed by atoms with van der Waals surface area (Å²) in [7, 11) is 1.61. The molecule has 0 atom stereocenters. The Morgan fingerprint density at radius 3 is 2.27 bits per heavy atom. The number of anilines is 1. The highest BCUT2D eigenvalue weighted by Crippen LogP contribution is 2.13. The Morgan fingerprint density at radius 2 is 1.68 bits per heavy atom. The van der Waals surface area contributed by atoms with Crippen LogP contribution in [0.25, 0.3) is 0 Å². The zero-order chi connectivity index (χ0) is 16.5. The fraction of sp³-hybridized carbons (Fsp3) is 0.357. The molecule has 0 fully saturated rings. The molecule has 8 heteroatoms. The van der Waals surface area contributed by atoms with Crippen molar-refractivity contribution in [2.75, 3.05) is 32.0 Å². The molecule has 1 aromatic carbocycles. The van der Waals surface area contributed by atoms with Crippen LogP contribution in [0.15, 0.2) is 24.3 Å². The van der Waals surface area contributed by atoms with Crippen molar-refractivity contribution in [1.82, 2.24) is 15.5 Å². The number of benzene rings is 1. The van der Waals surface area contributed by atoms with Crippen LogP contribution in [0.2, 0.25) is 5.02 Å². The molecule has 3 N–H and O–H groups in total. The second kappa shape index (κ2) is 9.01. The lowest BCUT2D eigenvalue weighted by molar-refractivity contribution is -0.122. The van der Waals surface area contributed by atoms with Crippen LogP contribution < -0.4 is 16.0 Å². The van der Waals surface area contributed by atoms with Crippen molar-refractivity contribution >= 4 is 35.1 Å². The maximum Gasteiger partial charge on any atom is 0.321 e. The summed E-state index contributed by atoms with van der Waals surface area (Å²) in [5.74, 6) is -0.747. The van der Waals surface area contributed by atoms with Crippen molar-refractivity contribution in [2.45, 2.75) is 6.92 Å². The highest BCUT2D eigenvalue weighted by atomic mass is 35.5. The zero-order valence-corrected chi connectivity index (χ0v) is 13.2. The third-order valence-corrected chi connectivity index (χ3v) is 2.80. The topological polar surface area (TPSA) is 90.5 Å². The highest BCUT2D eigenvalue weighted by molar-refractivity contribution is 6.30. The Bertz CT molecular complexity index is 533. The van der Waals surface area contributed by atoms with Crippen LogP contribution in [0, 0.1) is 0 Å². The molecule has 1 rings (SSSR count). The van der Waals surface area contributed by atoms with Crippen LogP contribution in [-0.4, -0.2) is 49.4 Å². The number of imide groups is 1. The number of nitrogens with zero attached hydrogens (tertiary/aromatic N) is 1. The summed E-state index contributed by atoms with van der Waals surface area (Å²) >= 11 is 5.76. The molecule has 0 heterocycles. The Labute approximate surface area is 134 Å². The lowest BCUT2D eigenvalue weighted by Crippen LogP contribution is -2.44. The van der Waals surface area contributed by atoms with Gasteiger partial charge in [0, 0.05) is 17.3 Å². The van der Waals surface area contributed by atoms with E-state index in [1.807, 2.05) is 0 Å². The standard InChI is InChI=1S/C14H19ClN4O3/c1-3-16-14(22)18-13(21)9-19(2)8-12(20)17-11-6-4-10(15)5-7-11/h4-7H,3,8-9H2,1-2H3,(H,17,20)(H2,16,18,21,22). The molecule has 0 radical (unpaired) electrons. The molecule has 0 bridgehead atoms. The molecule has 0 saturated heterocycles. The minimum Gasteiger partial charge on any atom is -0.338 e. The second-order valence-corrected chi connectivity index (χ2v) is 5.07. The quantitative estimate of drug-likeness (QED) is 0.729. The van der Waals surface area contributed by atoms with Gasteiger partial charge in [-0.3, -0.25) is 19.8 Å². The average Bonchev–Trinajstić information content (AvgIpc) is 2.40. The van der Waals surface area contributed by atoms with Crippen molar-refractivity contribution in [3.8, 4) is 0 Å². The Balaban J connectivity index is 2.36. The molecule has 0 aromatic heterocycles. The molecule has 120 valence electrons. The van der Waals surface area contributed by atoms with Gasteiger partial charge in [0.1, 0.15) is 0 Å². The van der Waals surface area contributed by atoms with Crippen molar-refractivity contribution in [2.24, 2.45) is 0 Å². The van der Waals surface area contributed by atoms with Gasteiger partial charge >= 0.3 is 6.03 Å².